The first-order valence-corrected chi connectivity index (χ1v) is 8.33. The summed E-state index contributed by atoms with van der Waals surface area (Å²) in [5, 5.41) is 9.80. The van der Waals surface area contributed by atoms with E-state index in [1.165, 1.54) is 30.5 Å². The normalized spacial score (nSPS) is 9.20. The summed E-state index contributed by atoms with van der Waals surface area (Å²) in [7, 11) is 0. The molecule has 9 N–H and O–H groups in total. The van der Waals surface area contributed by atoms with E-state index in [9.17, 15) is 13.6 Å². The summed E-state index contributed by atoms with van der Waals surface area (Å²) in [6.07, 6.45) is 2.11. The van der Waals surface area contributed by atoms with Crippen molar-refractivity contribution in [2.75, 3.05) is 6.54 Å². The molecule has 0 unspecified atom stereocenters. The smallest absolute Gasteiger partial charge is 0.208 e. The number of nitrogens with zero attached hydrogens (tertiary/aromatic N) is 2. The van der Waals surface area contributed by atoms with Crippen molar-refractivity contribution in [1.29, 1.82) is 5.41 Å². The molecule has 0 radical (unpaired) electrons. The molecule has 13 heteroatoms. The highest BCUT2D eigenvalue weighted by Crippen LogP contribution is 2.15. The van der Waals surface area contributed by atoms with Crippen LogP contribution >= 0.6 is 35.6 Å². The molecule has 0 aliphatic carbocycles. The molecule has 0 bridgehead atoms. The summed E-state index contributed by atoms with van der Waals surface area (Å²) < 4.78 is 25.1. The summed E-state index contributed by atoms with van der Waals surface area (Å²) >= 11 is 10.9. The number of nitrogens with one attached hydrogen (secondary N) is 1. The van der Waals surface area contributed by atoms with Gasteiger partial charge in [0.15, 0.2) is 0 Å². The highest BCUT2D eigenvalue weighted by atomic mass is 35.5. The zero-order valence-corrected chi connectivity index (χ0v) is 17.7. The molecule has 0 aliphatic heterocycles. The van der Waals surface area contributed by atoms with Gasteiger partial charge in [0.05, 0.1) is 16.6 Å². The van der Waals surface area contributed by atoms with Crippen LogP contribution in [0.1, 0.15) is 15.9 Å². The van der Waals surface area contributed by atoms with Crippen LogP contribution in [0.3, 0.4) is 0 Å². The Kier molecular flexibility index (Phi) is 15.5. The number of aldehydes is 1. The Morgan fingerprint density at radius 3 is 1.80 bits per heavy atom. The van der Waals surface area contributed by atoms with Gasteiger partial charge in [0, 0.05) is 11.8 Å². The topological polar surface area (TPSA) is 170 Å². The molecular formula is C17H20Cl3F2N7O. The van der Waals surface area contributed by atoms with Crippen molar-refractivity contribution in [1.82, 2.24) is 0 Å². The number of nitrogens with two attached hydrogens (primary N) is 4. The fourth-order valence-electron chi connectivity index (χ4n) is 1.43. The molecule has 0 fully saturated rings. The van der Waals surface area contributed by atoms with Gasteiger partial charge >= 0.3 is 0 Å². The zero-order valence-electron chi connectivity index (χ0n) is 15.4. The summed E-state index contributed by atoms with van der Waals surface area (Å²) in [5.74, 6) is 3.43. The van der Waals surface area contributed by atoms with Crippen molar-refractivity contribution in [2.24, 2.45) is 33.1 Å². The first-order valence-electron chi connectivity index (χ1n) is 7.57. The van der Waals surface area contributed by atoms with E-state index in [1.807, 2.05) is 0 Å². The van der Waals surface area contributed by atoms with Gasteiger partial charge in [-0.2, -0.15) is 0 Å². The number of aliphatic imine (C=N–C) groups is 1. The molecule has 0 heterocycles. The van der Waals surface area contributed by atoms with Crippen LogP contribution in [-0.2, 0) is 0 Å². The van der Waals surface area contributed by atoms with Gasteiger partial charge in [0.1, 0.15) is 23.8 Å². The van der Waals surface area contributed by atoms with Gasteiger partial charge in [0.2, 0.25) is 5.96 Å². The minimum absolute atomic E-state index is 0. The number of rotatable bonds is 4. The van der Waals surface area contributed by atoms with Crippen LogP contribution in [0.2, 0.25) is 10.0 Å². The Bertz CT molecular complexity index is 892. The quantitative estimate of drug-likeness (QED) is 0.148. The predicted octanol–water partition coefficient (Wildman–Crippen LogP) is 2.68. The third kappa shape index (κ3) is 13.3. The lowest BCUT2D eigenvalue weighted by atomic mass is 10.2. The van der Waals surface area contributed by atoms with Crippen LogP contribution in [0, 0.1) is 17.0 Å². The Morgan fingerprint density at radius 2 is 1.43 bits per heavy atom. The minimum Gasteiger partial charge on any atom is -0.386 e. The van der Waals surface area contributed by atoms with Crippen molar-refractivity contribution < 1.29 is 13.6 Å². The Labute approximate surface area is 187 Å². The maximum absolute atomic E-state index is 12.7. The maximum Gasteiger partial charge on any atom is 0.208 e. The fraction of sp³-hybridized carbons (Fsp3) is 0.0588. The van der Waals surface area contributed by atoms with Crippen LogP contribution in [0.5, 0.6) is 0 Å². The minimum atomic E-state index is -0.507. The molecule has 2 aromatic rings. The molecule has 0 aliphatic rings. The van der Waals surface area contributed by atoms with Crippen molar-refractivity contribution in [3.8, 4) is 0 Å². The summed E-state index contributed by atoms with van der Waals surface area (Å²) in [5.41, 5.74) is 15.5. The average molecular weight is 483 g/mol. The number of carbonyl (C=O) groups excluding carboxylic acids is 1. The Hall–Kier alpha value is -2.95. The van der Waals surface area contributed by atoms with Gasteiger partial charge in [-0.3, -0.25) is 15.2 Å². The molecule has 0 aromatic heterocycles. The fourth-order valence-corrected chi connectivity index (χ4v) is 1.81. The van der Waals surface area contributed by atoms with E-state index in [4.69, 9.17) is 45.8 Å². The van der Waals surface area contributed by atoms with Crippen molar-refractivity contribution >= 4 is 59.9 Å². The van der Waals surface area contributed by atoms with E-state index in [0.29, 0.717) is 17.4 Å². The molecule has 8 nitrogen and oxygen atoms in total. The number of guanidine groups is 1. The van der Waals surface area contributed by atoms with Gasteiger partial charge in [-0.1, -0.05) is 29.3 Å². The van der Waals surface area contributed by atoms with Gasteiger partial charge in [-0.25, -0.2) is 8.78 Å². The SMILES string of the molecule is Cl.N=C(N)CN=Cc1ccc(F)c(Cl)c1.NN=C(N)N.O=Cc1ccc(F)c(Cl)c1. The molecule has 164 valence electrons. The Balaban J connectivity index is 0. The van der Waals surface area contributed by atoms with Gasteiger partial charge in [0.25, 0.3) is 0 Å². The van der Waals surface area contributed by atoms with Crippen LogP contribution in [0.15, 0.2) is 46.5 Å². The zero-order chi connectivity index (χ0) is 22.4. The number of amidine groups is 1. The van der Waals surface area contributed by atoms with Crippen LogP contribution in [0.4, 0.5) is 8.78 Å². The number of halogens is 5. The second-order valence-corrected chi connectivity index (χ2v) is 5.83. The first-order chi connectivity index (χ1) is 13.6. The van der Waals surface area contributed by atoms with E-state index in [-0.39, 0.29) is 40.8 Å². The largest absolute Gasteiger partial charge is 0.386 e. The van der Waals surface area contributed by atoms with Crippen LogP contribution < -0.4 is 23.0 Å². The highest BCUT2D eigenvalue weighted by Gasteiger charge is 1.99. The average Bonchev–Trinajstić information content (AvgIpc) is 2.67. The molecule has 0 atom stereocenters. The van der Waals surface area contributed by atoms with E-state index in [2.05, 4.69) is 15.9 Å². The number of carbonyl (C=O) groups is 1. The summed E-state index contributed by atoms with van der Waals surface area (Å²) in [4.78, 5) is 13.9. The third-order valence-electron chi connectivity index (χ3n) is 2.67. The van der Waals surface area contributed by atoms with Crippen LogP contribution in [-0.4, -0.2) is 30.8 Å². The molecule has 0 saturated heterocycles. The van der Waals surface area contributed by atoms with Crippen LogP contribution in [0.25, 0.3) is 0 Å². The number of hydrogen-bond acceptors (Lipinski definition) is 5. The van der Waals surface area contributed by atoms with Gasteiger partial charge < -0.3 is 23.0 Å². The van der Waals surface area contributed by atoms with E-state index < -0.39 is 11.6 Å². The molecule has 2 rings (SSSR count). The Morgan fingerprint density at radius 1 is 1.00 bits per heavy atom. The molecule has 0 amide bonds. The first kappa shape index (κ1) is 29.3. The molecule has 2 aromatic carbocycles. The van der Waals surface area contributed by atoms with E-state index in [1.54, 1.807) is 6.07 Å². The molecule has 0 saturated carbocycles. The highest BCUT2D eigenvalue weighted by molar-refractivity contribution is 6.31. The lowest BCUT2D eigenvalue weighted by Gasteiger charge is -1.95. The number of hydrogen-bond donors (Lipinski definition) is 5. The summed E-state index contributed by atoms with van der Waals surface area (Å²) in [6, 6.07) is 8.08. The second-order valence-electron chi connectivity index (χ2n) is 5.01. The second kappa shape index (κ2) is 15.9. The van der Waals surface area contributed by atoms with E-state index >= 15 is 0 Å². The predicted molar refractivity (Wildman–Crippen MR) is 120 cm³/mol. The lowest BCUT2D eigenvalue weighted by Crippen LogP contribution is -2.23. The third-order valence-corrected chi connectivity index (χ3v) is 3.25. The lowest BCUT2D eigenvalue weighted by molar-refractivity contribution is 0.112. The summed E-state index contributed by atoms with van der Waals surface area (Å²) in [6.45, 7) is 0.134. The van der Waals surface area contributed by atoms with Crippen molar-refractivity contribution in [2.45, 2.75) is 0 Å². The van der Waals surface area contributed by atoms with Crippen molar-refractivity contribution in [3.63, 3.8) is 0 Å². The maximum atomic E-state index is 12.7. The molecular weight excluding hydrogens is 463 g/mol. The van der Waals surface area contributed by atoms with Gasteiger partial charge in [-0.05, 0) is 35.9 Å². The molecule has 30 heavy (non-hydrogen) atoms. The number of benzene rings is 2. The molecule has 0 spiro atoms. The monoisotopic (exact) mass is 481 g/mol. The van der Waals surface area contributed by atoms with Gasteiger partial charge in [-0.15, -0.1) is 17.5 Å². The van der Waals surface area contributed by atoms with E-state index in [0.717, 1.165) is 6.07 Å². The standard InChI is InChI=1S/C9H9ClFN3.C7H4ClFO.CH6N4.ClH/c10-7-3-6(1-2-8(7)11)4-14-5-9(12)13;8-6-3-5(4-10)1-2-7(6)9;2-1(3)5-4;/h1-4H,5H2,(H3,12,13);1-4H;4H2,(H4,2,3,5);1H. The van der Waals surface area contributed by atoms with Crippen molar-refractivity contribution in [3.05, 3.63) is 69.2 Å². The number of hydrazone groups is 1.